The minimum atomic E-state index is -4.53. The van der Waals surface area contributed by atoms with Gasteiger partial charge < -0.3 is 11.1 Å². The first-order valence-electron chi connectivity index (χ1n) is 5.47. The second-order valence-corrected chi connectivity index (χ2v) is 4.28. The van der Waals surface area contributed by atoms with Crippen molar-refractivity contribution in [2.45, 2.75) is 6.18 Å². The fraction of sp³-hybridized carbons (Fsp3) is 0.0833. The predicted octanol–water partition coefficient (Wildman–Crippen LogP) is 3.35. The molecule has 0 fully saturated rings. The molecule has 1 heterocycles. The van der Waals surface area contributed by atoms with Gasteiger partial charge in [0.25, 0.3) is 0 Å². The van der Waals surface area contributed by atoms with E-state index in [1.54, 1.807) is 6.07 Å². The van der Waals surface area contributed by atoms with Gasteiger partial charge in [0.15, 0.2) is 11.0 Å². The summed E-state index contributed by atoms with van der Waals surface area (Å²) in [7, 11) is 0. The largest absolute Gasteiger partial charge is 0.416 e. The Hall–Kier alpha value is -2.53. The Labute approximate surface area is 122 Å². The summed E-state index contributed by atoms with van der Waals surface area (Å²) >= 11 is 5.71. The van der Waals surface area contributed by atoms with Gasteiger partial charge in [0.2, 0.25) is 0 Å². The van der Waals surface area contributed by atoms with Crippen LogP contribution in [0.3, 0.4) is 0 Å². The highest BCUT2D eigenvalue weighted by Crippen LogP contribution is 2.33. The van der Waals surface area contributed by atoms with E-state index in [0.29, 0.717) is 0 Å². The molecular formula is C12H7ClF3N5. The summed E-state index contributed by atoms with van der Waals surface area (Å²) < 4.78 is 37.8. The molecule has 0 aliphatic carbocycles. The number of aromatic nitrogens is 2. The summed E-state index contributed by atoms with van der Waals surface area (Å²) in [5.74, 6) is 0.103. The monoisotopic (exact) mass is 313 g/mol. The molecule has 2 aromatic rings. The smallest absolute Gasteiger partial charge is 0.393 e. The Morgan fingerprint density at radius 1 is 1.29 bits per heavy atom. The van der Waals surface area contributed by atoms with Crippen molar-refractivity contribution in [2.75, 3.05) is 11.1 Å². The topological polar surface area (TPSA) is 87.6 Å². The van der Waals surface area contributed by atoms with E-state index < -0.39 is 11.7 Å². The van der Waals surface area contributed by atoms with Gasteiger partial charge in [-0.25, -0.2) is 9.97 Å². The zero-order chi connectivity index (χ0) is 15.6. The maximum atomic E-state index is 12.6. The van der Waals surface area contributed by atoms with Crippen LogP contribution >= 0.6 is 11.6 Å². The van der Waals surface area contributed by atoms with Crippen molar-refractivity contribution in [2.24, 2.45) is 0 Å². The number of nitrogens with zero attached hydrogens (tertiary/aromatic N) is 3. The summed E-state index contributed by atoms with van der Waals surface area (Å²) in [5, 5.41) is 11.6. The van der Waals surface area contributed by atoms with Crippen LogP contribution < -0.4 is 11.1 Å². The predicted molar refractivity (Wildman–Crippen MR) is 70.9 cm³/mol. The van der Waals surface area contributed by atoms with Crippen LogP contribution in [0.25, 0.3) is 0 Å². The van der Waals surface area contributed by atoms with Crippen LogP contribution in [0.5, 0.6) is 0 Å². The molecule has 2 rings (SSSR count). The van der Waals surface area contributed by atoms with E-state index in [-0.39, 0.29) is 27.9 Å². The van der Waals surface area contributed by atoms with E-state index in [1.807, 2.05) is 0 Å². The Morgan fingerprint density at radius 3 is 2.62 bits per heavy atom. The molecule has 0 saturated heterocycles. The molecule has 3 N–H and O–H groups in total. The van der Waals surface area contributed by atoms with E-state index in [4.69, 9.17) is 22.6 Å². The standard InChI is InChI=1S/C12H7ClF3N5/c13-10-9(18)11(20-5-19-10)21-8-2-1-7(12(14,15)16)3-6(8)4-17/h1-3,5H,18H2,(H,19,20,21). The van der Waals surface area contributed by atoms with Crippen LogP contribution in [-0.2, 0) is 6.18 Å². The lowest BCUT2D eigenvalue weighted by atomic mass is 10.1. The average Bonchev–Trinajstić information content (AvgIpc) is 2.43. The number of anilines is 3. The van der Waals surface area contributed by atoms with Crippen LogP contribution in [0, 0.1) is 11.3 Å². The zero-order valence-corrected chi connectivity index (χ0v) is 11.0. The molecule has 108 valence electrons. The first-order valence-corrected chi connectivity index (χ1v) is 5.85. The number of nitrogens with one attached hydrogen (secondary N) is 1. The van der Waals surface area contributed by atoms with Crippen molar-refractivity contribution < 1.29 is 13.2 Å². The first kappa shape index (κ1) is 14.9. The molecule has 21 heavy (non-hydrogen) atoms. The first-order chi connectivity index (χ1) is 9.82. The lowest BCUT2D eigenvalue weighted by molar-refractivity contribution is -0.137. The molecule has 0 spiro atoms. The van der Waals surface area contributed by atoms with Gasteiger partial charge >= 0.3 is 6.18 Å². The van der Waals surface area contributed by atoms with Gasteiger partial charge in [0, 0.05) is 0 Å². The Bertz CT molecular complexity index is 724. The third-order valence-corrected chi connectivity index (χ3v) is 2.86. The highest BCUT2D eigenvalue weighted by Gasteiger charge is 2.31. The van der Waals surface area contributed by atoms with Crippen molar-refractivity contribution in [1.29, 1.82) is 5.26 Å². The van der Waals surface area contributed by atoms with Gasteiger partial charge in [0.05, 0.1) is 16.8 Å². The van der Waals surface area contributed by atoms with Crippen molar-refractivity contribution in [3.05, 3.63) is 40.8 Å². The van der Waals surface area contributed by atoms with Gasteiger partial charge in [-0.05, 0) is 18.2 Å². The lowest BCUT2D eigenvalue weighted by Crippen LogP contribution is -2.07. The van der Waals surface area contributed by atoms with E-state index in [9.17, 15) is 13.2 Å². The van der Waals surface area contributed by atoms with Crippen LogP contribution in [0.4, 0.5) is 30.4 Å². The Balaban J connectivity index is 2.42. The Morgan fingerprint density at radius 2 is 2.00 bits per heavy atom. The van der Waals surface area contributed by atoms with E-state index in [0.717, 1.165) is 24.5 Å². The summed E-state index contributed by atoms with van der Waals surface area (Å²) in [6.07, 6.45) is -3.39. The number of nitrogen functional groups attached to an aromatic ring is 1. The molecule has 0 aliphatic heterocycles. The second-order valence-electron chi connectivity index (χ2n) is 3.92. The van der Waals surface area contributed by atoms with Gasteiger partial charge in [-0.15, -0.1) is 0 Å². The molecular weight excluding hydrogens is 307 g/mol. The second kappa shape index (κ2) is 5.46. The summed E-state index contributed by atoms with van der Waals surface area (Å²) in [4.78, 5) is 7.46. The van der Waals surface area contributed by atoms with E-state index in [2.05, 4.69) is 15.3 Å². The van der Waals surface area contributed by atoms with Crippen molar-refractivity contribution >= 4 is 28.8 Å². The minimum Gasteiger partial charge on any atom is -0.393 e. The molecule has 0 amide bonds. The summed E-state index contributed by atoms with van der Waals surface area (Å²) in [6, 6.07) is 4.39. The highest BCUT2D eigenvalue weighted by molar-refractivity contribution is 6.32. The molecule has 9 heteroatoms. The van der Waals surface area contributed by atoms with Crippen molar-refractivity contribution in [1.82, 2.24) is 9.97 Å². The number of halogens is 4. The van der Waals surface area contributed by atoms with Gasteiger partial charge in [0.1, 0.15) is 18.1 Å². The van der Waals surface area contributed by atoms with Crippen LogP contribution in [-0.4, -0.2) is 9.97 Å². The third kappa shape index (κ3) is 3.14. The molecule has 0 aliphatic rings. The zero-order valence-electron chi connectivity index (χ0n) is 10.2. The third-order valence-electron chi connectivity index (χ3n) is 2.56. The number of rotatable bonds is 2. The maximum absolute atomic E-state index is 12.6. The number of hydrogen-bond donors (Lipinski definition) is 2. The fourth-order valence-electron chi connectivity index (χ4n) is 1.52. The SMILES string of the molecule is N#Cc1cc(C(F)(F)F)ccc1Nc1ncnc(Cl)c1N. The molecule has 0 radical (unpaired) electrons. The quantitative estimate of drug-likeness (QED) is 0.830. The molecule has 0 unspecified atom stereocenters. The number of nitrogens with two attached hydrogens (primary N) is 1. The van der Waals surface area contributed by atoms with Crippen molar-refractivity contribution in [3.8, 4) is 6.07 Å². The molecule has 0 atom stereocenters. The van der Waals surface area contributed by atoms with Gasteiger partial charge in [-0.2, -0.15) is 18.4 Å². The summed E-state index contributed by atoms with van der Waals surface area (Å²) in [6.45, 7) is 0. The maximum Gasteiger partial charge on any atom is 0.416 e. The fourth-order valence-corrected chi connectivity index (χ4v) is 1.66. The molecule has 0 saturated carbocycles. The van der Waals surface area contributed by atoms with E-state index >= 15 is 0 Å². The van der Waals surface area contributed by atoms with Gasteiger partial charge in [-0.1, -0.05) is 11.6 Å². The number of nitriles is 1. The normalized spacial score (nSPS) is 11.0. The van der Waals surface area contributed by atoms with Crippen molar-refractivity contribution in [3.63, 3.8) is 0 Å². The number of alkyl halides is 3. The lowest BCUT2D eigenvalue weighted by Gasteiger charge is -2.12. The molecule has 1 aromatic carbocycles. The Kier molecular flexibility index (Phi) is 3.86. The van der Waals surface area contributed by atoms with Crippen LogP contribution in [0.1, 0.15) is 11.1 Å². The average molecular weight is 314 g/mol. The molecule has 0 bridgehead atoms. The van der Waals surface area contributed by atoms with Crippen LogP contribution in [0.15, 0.2) is 24.5 Å². The van der Waals surface area contributed by atoms with E-state index in [1.165, 1.54) is 0 Å². The van der Waals surface area contributed by atoms with Crippen LogP contribution in [0.2, 0.25) is 5.15 Å². The highest BCUT2D eigenvalue weighted by atomic mass is 35.5. The minimum absolute atomic E-state index is 0.00193. The van der Waals surface area contributed by atoms with Gasteiger partial charge in [-0.3, -0.25) is 0 Å². The number of benzene rings is 1. The molecule has 1 aromatic heterocycles. The molecule has 5 nitrogen and oxygen atoms in total. The summed E-state index contributed by atoms with van der Waals surface area (Å²) in [5.41, 5.74) is 4.69. The number of hydrogen-bond acceptors (Lipinski definition) is 5.